The molecule has 0 radical (unpaired) electrons. The number of sulfonamides is 1. The van der Waals surface area contributed by atoms with E-state index < -0.39 is 10.0 Å². The van der Waals surface area contributed by atoms with Gasteiger partial charge in [0.05, 0.1) is 18.1 Å². The van der Waals surface area contributed by atoms with Crippen molar-refractivity contribution in [3.8, 4) is 11.5 Å². The Morgan fingerprint density at radius 2 is 1.86 bits per heavy atom. The largest absolute Gasteiger partial charge is 0.490 e. The lowest BCUT2D eigenvalue weighted by Crippen LogP contribution is -2.25. The minimum Gasteiger partial charge on any atom is -0.490 e. The minimum atomic E-state index is -3.59. The average molecular weight is 419 g/mol. The summed E-state index contributed by atoms with van der Waals surface area (Å²) in [7, 11) is -3.59. The topological polar surface area (TPSA) is 93.7 Å². The van der Waals surface area contributed by atoms with E-state index in [2.05, 4.69) is 10.0 Å². The van der Waals surface area contributed by atoms with Gasteiger partial charge in [0.2, 0.25) is 10.0 Å². The molecular weight excluding hydrogens is 392 g/mol. The van der Waals surface area contributed by atoms with Crippen LogP contribution in [0.4, 0.5) is 5.69 Å². The molecule has 2 aromatic carbocycles. The molecule has 156 valence electrons. The number of carbonyl (C=O) groups is 1. The van der Waals surface area contributed by atoms with Crippen LogP contribution in [0.2, 0.25) is 0 Å². The van der Waals surface area contributed by atoms with Gasteiger partial charge in [0.1, 0.15) is 0 Å². The van der Waals surface area contributed by atoms with Gasteiger partial charge in [-0.25, -0.2) is 13.1 Å². The first-order valence-electron chi connectivity index (χ1n) is 9.76. The van der Waals surface area contributed by atoms with Crippen LogP contribution in [-0.2, 0) is 10.0 Å². The summed E-state index contributed by atoms with van der Waals surface area (Å²) in [6.07, 6.45) is 2.58. The Morgan fingerprint density at radius 1 is 1.07 bits per heavy atom. The summed E-state index contributed by atoms with van der Waals surface area (Å²) >= 11 is 0. The molecule has 1 aliphatic rings. The molecule has 0 spiro atoms. The van der Waals surface area contributed by atoms with Crippen LogP contribution in [0.3, 0.4) is 0 Å². The first kappa shape index (κ1) is 21.1. The van der Waals surface area contributed by atoms with E-state index in [1.165, 1.54) is 12.1 Å². The molecule has 7 nitrogen and oxygen atoms in total. The second-order valence-corrected chi connectivity index (χ2v) is 8.53. The van der Waals surface area contributed by atoms with Gasteiger partial charge in [-0.15, -0.1) is 0 Å². The molecule has 0 unspecified atom stereocenters. The van der Waals surface area contributed by atoms with Crippen molar-refractivity contribution in [2.75, 3.05) is 18.5 Å². The summed E-state index contributed by atoms with van der Waals surface area (Å²) < 4.78 is 38.6. The number of amides is 1. The highest BCUT2D eigenvalue weighted by Crippen LogP contribution is 2.29. The van der Waals surface area contributed by atoms with Crippen molar-refractivity contribution >= 4 is 21.6 Å². The third kappa shape index (κ3) is 5.71. The van der Waals surface area contributed by atoms with Crippen molar-refractivity contribution in [2.24, 2.45) is 0 Å². The van der Waals surface area contributed by atoms with E-state index in [9.17, 15) is 13.2 Å². The van der Waals surface area contributed by atoms with E-state index >= 15 is 0 Å². The van der Waals surface area contributed by atoms with E-state index in [-0.39, 0.29) is 16.8 Å². The summed E-state index contributed by atoms with van der Waals surface area (Å²) in [5.74, 6) is 0.723. The van der Waals surface area contributed by atoms with Gasteiger partial charge < -0.3 is 14.8 Å². The molecule has 29 heavy (non-hydrogen) atoms. The SMILES string of the molecule is CCCOc1ccc(C(=O)Nc2cccc(S(=O)(=O)NC3CC3)c2)cc1OCC. The van der Waals surface area contributed by atoms with Gasteiger partial charge in [-0.3, -0.25) is 4.79 Å². The first-order valence-corrected chi connectivity index (χ1v) is 11.2. The molecule has 1 fully saturated rings. The highest BCUT2D eigenvalue weighted by atomic mass is 32.2. The molecule has 1 aliphatic carbocycles. The summed E-state index contributed by atoms with van der Waals surface area (Å²) in [5, 5.41) is 2.74. The number of nitrogens with one attached hydrogen (secondary N) is 2. The number of benzene rings is 2. The monoisotopic (exact) mass is 418 g/mol. The lowest BCUT2D eigenvalue weighted by atomic mass is 10.1. The molecule has 3 rings (SSSR count). The second kappa shape index (κ2) is 9.28. The van der Waals surface area contributed by atoms with Crippen LogP contribution >= 0.6 is 0 Å². The van der Waals surface area contributed by atoms with Gasteiger partial charge in [-0.1, -0.05) is 13.0 Å². The molecule has 0 atom stereocenters. The van der Waals surface area contributed by atoms with Gasteiger partial charge in [0, 0.05) is 17.3 Å². The Kier molecular flexibility index (Phi) is 6.76. The Hall–Kier alpha value is -2.58. The minimum absolute atomic E-state index is 0.0173. The summed E-state index contributed by atoms with van der Waals surface area (Å²) in [5.41, 5.74) is 0.791. The van der Waals surface area contributed by atoms with Crippen molar-refractivity contribution in [3.05, 3.63) is 48.0 Å². The van der Waals surface area contributed by atoms with Crippen molar-refractivity contribution in [1.29, 1.82) is 0 Å². The van der Waals surface area contributed by atoms with Crippen LogP contribution in [-0.4, -0.2) is 33.6 Å². The van der Waals surface area contributed by atoms with Gasteiger partial charge in [0.25, 0.3) is 5.91 Å². The van der Waals surface area contributed by atoms with E-state index in [0.29, 0.717) is 36.0 Å². The third-order valence-electron chi connectivity index (χ3n) is 4.27. The predicted molar refractivity (Wildman–Crippen MR) is 111 cm³/mol. The Labute approximate surface area is 171 Å². The van der Waals surface area contributed by atoms with Gasteiger partial charge >= 0.3 is 0 Å². The maximum Gasteiger partial charge on any atom is 0.255 e. The fraction of sp³-hybridized carbons (Fsp3) is 0.381. The zero-order valence-corrected chi connectivity index (χ0v) is 17.4. The summed E-state index contributed by atoms with van der Waals surface area (Å²) in [6, 6.07) is 11.2. The molecule has 0 heterocycles. The van der Waals surface area contributed by atoms with E-state index in [1.54, 1.807) is 30.3 Å². The molecule has 0 aliphatic heterocycles. The Morgan fingerprint density at radius 3 is 2.55 bits per heavy atom. The normalized spacial score (nSPS) is 13.7. The van der Waals surface area contributed by atoms with Crippen molar-refractivity contribution < 1.29 is 22.7 Å². The number of hydrogen-bond donors (Lipinski definition) is 2. The standard InChI is InChI=1S/C21H26N2O5S/c1-3-12-28-19-11-8-15(13-20(19)27-4-2)21(24)22-17-6-5-7-18(14-17)29(25,26)23-16-9-10-16/h5-8,11,13-14,16,23H,3-4,9-10,12H2,1-2H3,(H,22,24). The number of ether oxygens (including phenoxy) is 2. The lowest BCUT2D eigenvalue weighted by molar-refractivity contribution is 0.102. The van der Waals surface area contributed by atoms with Gasteiger partial charge in [0.15, 0.2) is 11.5 Å². The maximum absolute atomic E-state index is 12.7. The van der Waals surface area contributed by atoms with E-state index in [4.69, 9.17) is 9.47 Å². The van der Waals surface area contributed by atoms with Crippen LogP contribution in [0.1, 0.15) is 43.5 Å². The number of rotatable bonds is 10. The lowest BCUT2D eigenvalue weighted by Gasteiger charge is -2.13. The fourth-order valence-corrected chi connectivity index (χ4v) is 4.03. The van der Waals surface area contributed by atoms with Crippen LogP contribution in [0.25, 0.3) is 0 Å². The molecular formula is C21H26N2O5S. The number of anilines is 1. The molecule has 0 bridgehead atoms. The van der Waals surface area contributed by atoms with E-state index in [1.807, 2.05) is 13.8 Å². The van der Waals surface area contributed by atoms with Crippen LogP contribution in [0, 0.1) is 0 Å². The van der Waals surface area contributed by atoms with Crippen LogP contribution < -0.4 is 19.5 Å². The summed E-state index contributed by atoms with van der Waals surface area (Å²) in [6.45, 7) is 4.87. The molecule has 1 amide bonds. The second-order valence-electron chi connectivity index (χ2n) is 6.82. The van der Waals surface area contributed by atoms with Gasteiger partial charge in [-0.05, 0) is 62.6 Å². The molecule has 0 saturated heterocycles. The molecule has 2 N–H and O–H groups in total. The first-order chi connectivity index (χ1) is 13.9. The van der Waals surface area contributed by atoms with Crippen LogP contribution in [0.15, 0.2) is 47.4 Å². The molecule has 8 heteroatoms. The van der Waals surface area contributed by atoms with Crippen molar-refractivity contribution in [1.82, 2.24) is 4.72 Å². The smallest absolute Gasteiger partial charge is 0.255 e. The Balaban J connectivity index is 1.76. The number of hydrogen-bond acceptors (Lipinski definition) is 5. The molecule has 1 saturated carbocycles. The molecule has 2 aromatic rings. The maximum atomic E-state index is 12.7. The quantitative estimate of drug-likeness (QED) is 0.615. The van der Waals surface area contributed by atoms with Crippen molar-refractivity contribution in [2.45, 2.75) is 44.0 Å². The molecule has 0 aromatic heterocycles. The zero-order chi connectivity index (χ0) is 20.9. The highest BCUT2D eigenvalue weighted by Gasteiger charge is 2.28. The van der Waals surface area contributed by atoms with Gasteiger partial charge in [-0.2, -0.15) is 0 Å². The Bertz CT molecular complexity index is 971. The van der Waals surface area contributed by atoms with Crippen molar-refractivity contribution in [3.63, 3.8) is 0 Å². The highest BCUT2D eigenvalue weighted by molar-refractivity contribution is 7.89. The fourth-order valence-electron chi connectivity index (χ4n) is 2.68. The third-order valence-corrected chi connectivity index (χ3v) is 5.79. The predicted octanol–water partition coefficient (Wildman–Crippen LogP) is 3.57. The van der Waals surface area contributed by atoms with E-state index in [0.717, 1.165) is 19.3 Å². The zero-order valence-electron chi connectivity index (χ0n) is 16.6. The average Bonchev–Trinajstić information content (AvgIpc) is 3.50. The number of carbonyl (C=O) groups excluding carboxylic acids is 1. The van der Waals surface area contributed by atoms with Crippen LogP contribution in [0.5, 0.6) is 11.5 Å². The summed E-state index contributed by atoms with van der Waals surface area (Å²) in [4.78, 5) is 12.8.